The molecule has 7 heteroatoms. The van der Waals surface area contributed by atoms with Crippen molar-refractivity contribution in [3.05, 3.63) is 99.1 Å². The highest BCUT2D eigenvalue weighted by Crippen LogP contribution is 2.36. The Labute approximate surface area is 192 Å². The van der Waals surface area contributed by atoms with Crippen molar-refractivity contribution >= 4 is 56.4 Å². The quantitative estimate of drug-likeness (QED) is 0.298. The van der Waals surface area contributed by atoms with Gasteiger partial charge in [-0.15, -0.1) is 0 Å². The number of anilines is 2. The van der Waals surface area contributed by atoms with Crippen LogP contribution in [0.15, 0.2) is 83.5 Å². The van der Waals surface area contributed by atoms with Crippen LogP contribution in [0.4, 0.5) is 11.4 Å². The summed E-state index contributed by atoms with van der Waals surface area (Å²) in [7, 11) is 1.86. The van der Waals surface area contributed by atoms with Gasteiger partial charge in [0.2, 0.25) is 0 Å². The zero-order valence-electron chi connectivity index (χ0n) is 15.9. The lowest BCUT2D eigenvalue weighted by atomic mass is 10.1. The maximum atomic E-state index is 13.5. The van der Waals surface area contributed by atoms with Crippen molar-refractivity contribution in [2.75, 3.05) is 4.90 Å². The van der Waals surface area contributed by atoms with Crippen LogP contribution in [0.3, 0.4) is 0 Å². The molecule has 1 amide bonds. The number of hydrogen-bond donors (Lipinski definition) is 0. The standard InChI is InChI=1S/C23H16BrCl2N3O/c1-28-14-19(24)22(27-28)16-5-4-6-18(13-16)29(21-8-3-2-7-20(21)26)23(30)15-9-11-17(25)12-10-15/h2-14H,1H3. The zero-order chi connectivity index (χ0) is 21.3. The monoisotopic (exact) mass is 499 g/mol. The third kappa shape index (κ3) is 4.15. The average Bonchev–Trinajstić information content (AvgIpc) is 3.08. The summed E-state index contributed by atoms with van der Waals surface area (Å²) >= 11 is 16.0. The van der Waals surface area contributed by atoms with Crippen molar-refractivity contribution < 1.29 is 4.79 Å². The molecule has 4 nitrogen and oxygen atoms in total. The van der Waals surface area contributed by atoms with Gasteiger partial charge in [0.25, 0.3) is 5.91 Å². The molecule has 0 unspecified atom stereocenters. The van der Waals surface area contributed by atoms with Gasteiger partial charge in [0.1, 0.15) is 5.69 Å². The molecule has 0 aliphatic carbocycles. The molecule has 0 aliphatic rings. The molecule has 0 saturated heterocycles. The van der Waals surface area contributed by atoms with E-state index in [2.05, 4.69) is 21.0 Å². The first-order chi connectivity index (χ1) is 14.4. The maximum absolute atomic E-state index is 13.5. The van der Waals surface area contributed by atoms with E-state index >= 15 is 0 Å². The lowest BCUT2D eigenvalue weighted by Crippen LogP contribution is -2.26. The second kappa shape index (κ2) is 8.64. The second-order valence-electron chi connectivity index (χ2n) is 6.65. The summed E-state index contributed by atoms with van der Waals surface area (Å²) in [6.45, 7) is 0. The van der Waals surface area contributed by atoms with E-state index in [1.54, 1.807) is 39.9 Å². The molecule has 0 bridgehead atoms. The molecule has 4 rings (SSSR count). The first kappa shape index (κ1) is 20.7. The van der Waals surface area contributed by atoms with Crippen LogP contribution >= 0.6 is 39.1 Å². The largest absolute Gasteiger partial charge is 0.275 e. The summed E-state index contributed by atoms with van der Waals surface area (Å²) < 4.78 is 2.60. The van der Waals surface area contributed by atoms with Gasteiger partial charge in [-0.25, -0.2) is 0 Å². The SMILES string of the molecule is Cn1cc(Br)c(-c2cccc(N(C(=O)c3ccc(Cl)cc3)c3ccccc3Cl)c2)n1. The number of aryl methyl sites for hydroxylation is 1. The van der Waals surface area contributed by atoms with Gasteiger partial charge < -0.3 is 0 Å². The van der Waals surface area contributed by atoms with Crippen LogP contribution in [0.1, 0.15) is 10.4 Å². The Hall–Kier alpha value is -2.60. The highest BCUT2D eigenvalue weighted by Gasteiger charge is 2.23. The van der Waals surface area contributed by atoms with Gasteiger partial charge in [0.15, 0.2) is 0 Å². The molecular formula is C23H16BrCl2N3O. The number of amides is 1. The molecule has 0 N–H and O–H groups in total. The molecular weight excluding hydrogens is 485 g/mol. The smallest absolute Gasteiger partial charge is 0.262 e. The second-order valence-corrected chi connectivity index (χ2v) is 8.35. The Balaban J connectivity index is 1.85. The van der Waals surface area contributed by atoms with Gasteiger partial charge in [0.05, 0.1) is 15.2 Å². The molecule has 3 aromatic carbocycles. The normalized spacial score (nSPS) is 10.8. The lowest BCUT2D eigenvalue weighted by Gasteiger charge is -2.24. The average molecular weight is 501 g/mol. The summed E-state index contributed by atoms with van der Waals surface area (Å²) in [6.07, 6.45) is 1.88. The molecule has 0 aliphatic heterocycles. The van der Waals surface area contributed by atoms with E-state index in [-0.39, 0.29) is 5.91 Å². The highest BCUT2D eigenvalue weighted by molar-refractivity contribution is 9.10. The van der Waals surface area contributed by atoms with E-state index in [9.17, 15) is 4.79 Å². The van der Waals surface area contributed by atoms with Gasteiger partial charge in [-0.1, -0.05) is 47.5 Å². The highest BCUT2D eigenvalue weighted by atomic mass is 79.9. The van der Waals surface area contributed by atoms with Crippen molar-refractivity contribution in [3.63, 3.8) is 0 Å². The topological polar surface area (TPSA) is 38.1 Å². The minimum absolute atomic E-state index is 0.211. The fourth-order valence-corrected chi connectivity index (χ4v) is 4.12. The van der Waals surface area contributed by atoms with Gasteiger partial charge in [-0.2, -0.15) is 5.10 Å². The molecule has 1 heterocycles. The van der Waals surface area contributed by atoms with E-state index in [0.29, 0.717) is 27.0 Å². The fourth-order valence-electron chi connectivity index (χ4n) is 3.17. The van der Waals surface area contributed by atoms with Gasteiger partial charge >= 0.3 is 0 Å². The van der Waals surface area contributed by atoms with Gasteiger partial charge in [0, 0.05) is 35.1 Å². The molecule has 4 aromatic rings. The number of hydrogen-bond acceptors (Lipinski definition) is 2. The number of benzene rings is 3. The summed E-state index contributed by atoms with van der Waals surface area (Å²) in [5.74, 6) is -0.211. The minimum atomic E-state index is -0.211. The molecule has 1 aromatic heterocycles. The van der Waals surface area contributed by atoms with Crippen molar-refractivity contribution in [3.8, 4) is 11.3 Å². The number of para-hydroxylation sites is 1. The maximum Gasteiger partial charge on any atom is 0.262 e. The predicted octanol–water partition coefficient (Wildman–Crippen LogP) is 7.13. The Morgan fingerprint density at radius 1 is 1.00 bits per heavy atom. The van der Waals surface area contributed by atoms with E-state index in [4.69, 9.17) is 23.2 Å². The summed E-state index contributed by atoms with van der Waals surface area (Å²) in [5.41, 5.74) is 3.44. The molecule has 150 valence electrons. The number of carbonyl (C=O) groups is 1. The number of halogens is 3. The van der Waals surface area contributed by atoms with E-state index in [0.717, 1.165) is 15.7 Å². The van der Waals surface area contributed by atoms with Crippen molar-refractivity contribution in [2.45, 2.75) is 0 Å². The summed E-state index contributed by atoms with van der Waals surface area (Å²) in [5, 5.41) is 5.55. The van der Waals surface area contributed by atoms with Crippen molar-refractivity contribution in [2.24, 2.45) is 7.05 Å². The fraction of sp³-hybridized carbons (Fsp3) is 0.0435. The van der Waals surface area contributed by atoms with E-state index in [1.165, 1.54) is 0 Å². The summed E-state index contributed by atoms with van der Waals surface area (Å²) in [4.78, 5) is 15.1. The van der Waals surface area contributed by atoms with Crippen LogP contribution in [0.25, 0.3) is 11.3 Å². The summed E-state index contributed by atoms with van der Waals surface area (Å²) in [6, 6.07) is 21.7. The first-order valence-corrected chi connectivity index (χ1v) is 10.6. The molecule has 0 spiro atoms. The van der Waals surface area contributed by atoms with Crippen LogP contribution in [-0.4, -0.2) is 15.7 Å². The van der Waals surface area contributed by atoms with Gasteiger partial charge in [-0.3, -0.25) is 14.4 Å². The Morgan fingerprint density at radius 2 is 1.73 bits per heavy atom. The Morgan fingerprint density at radius 3 is 2.40 bits per heavy atom. The van der Waals surface area contributed by atoms with Crippen LogP contribution in [-0.2, 0) is 7.05 Å². The lowest BCUT2D eigenvalue weighted by molar-refractivity contribution is 0.0999. The van der Waals surface area contributed by atoms with Crippen LogP contribution in [0, 0.1) is 0 Å². The van der Waals surface area contributed by atoms with Crippen LogP contribution in [0.2, 0.25) is 10.0 Å². The van der Waals surface area contributed by atoms with Crippen LogP contribution < -0.4 is 4.90 Å². The van der Waals surface area contributed by atoms with E-state index < -0.39 is 0 Å². The Kier molecular flexibility index (Phi) is 5.95. The number of carbonyl (C=O) groups excluding carboxylic acids is 1. The van der Waals surface area contributed by atoms with Crippen LogP contribution in [0.5, 0.6) is 0 Å². The van der Waals surface area contributed by atoms with Crippen molar-refractivity contribution in [1.82, 2.24) is 9.78 Å². The first-order valence-electron chi connectivity index (χ1n) is 9.08. The van der Waals surface area contributed by atoms with E-state index in [1.807, 2.05) is 55.7 Å². The minimum Gasteiger partial charge on any atom is -0.275 e. The third-order valence-corrected chi connectivity index (χ3v) is 5.70. The Bertz CT molecular complexity index is 1220. The molecule has 0 saturated carbocycles. The molecule has 0 atom stereocenters. The predicted molar refractivity (Wildman–Crippen MR) is 126 cm³/mol. The molecule has 0 fully saturated rings. The zero-order valence-corrected chi connectivity index (χ0v) is 19.0. The molecule has 30 heavy (non-hydrogen) atoms. The number of aromatic nitrogens is 2. The number of nitrogens with zero attached hydrogens (tertiary/aromatic N) is 3. The third-order valence-electron chi connectivity index (χ3n) is 4.55. The molecule has 0 radical (unpaired) electrons. The van der Waals surface area contributed by atoms with Gasteiger partial charge in [-0.05, 0) is 64.5 Å². The van der Waals surface area contributed by atoms with Crippen molar-refractivity contribution in [1.29, 1.82) is 0 Å². The number of rotatable bonds is 4.